The zero-order chi connectivity index (χ0) is 23.1. The van der Waals surface area contributed by atoms with Gasteiger partial charge in [-0.3, -0.25) is 0 Å². The van der Waals surface area contributed by atoms with Crippen molar-refractivity contribution in [3.8, 4) is 0 Å². The van der Waals surface area contributed by atoms with E-state index in [4.69, 9.17) is 4.74 Å². The summed E-state index contributed by atoms with van der Waals surface area (Å²) in [5.74, 6) is 0.575. The van der Waals surface area contributed by atoms with Crippen LogP contribution in [0.15, 0.2) is 0 Å². The number of carbonyl (C=O) groups is 1. The Morgan fingerprint density at radius 3 is 2.28 bits per heavy atom. The van der Waals surface area contributed by atoms with Crippen LogP contribution in [0.5, 0.6) is 0 Å². The fourth-order valence-electron chi connectivity index (χ4n) is 11.4. The number of hydrogen-bond acceptors (Lipinski definition) is 4. The number of aliphatic hydroxyl groups is 2. The molecule has 6 rings (SSSR count). The third-order valence-corrected chi connectivity index (χ3v) is 13.1. The summed E-state index contributed by atoms with van der Waals surface area (Å²) in [6, 6.07) is 0. The van der Waals surface area contributed by atoms with E-state index in [0.717, 1.165) is 32.1 Å². The van der Waals surface area contributed by atoms with Gasteiger partial charge in [-0.05, 0) is 96.7 Å². The maximum Gasteiger partial charge on any atom is 0.332 e. The highest BCUT2D eigenvalue weighted by molar-refractivity contribution is 5.72. The van der Waals surface area contributed by atoms with E-state index < -0.39 is 18.2 Å². The summed E-state index contributed by atoms with van der Waals surface area (Å²) >= 11 is 0. The number of rotatable bonds is 1. The Morgan fingerprint density at radius 2 is 1.59 bits per heavy atom. The maximum atomic E-state index is 11.9. The molecule has 0 aromatic carbocycles. The van der Waals surface area contributed by atoms with E-state index in [9.17, 15) is 20.1 Å². The van der Waals surface area contributed by atoms with E-state index in [1.54, 1.807) is 0 Å². The van der Waals surface area contributed by atoms with E-state index in [-0.39, 0.29) is 45.7 Å². The summed E-state index contributed by atoms with van der Waals surface area (Å²) in [6.07, 6.45) is 6.41. The second-order valence-electron chi connectivity index (χ2n) is 13.9. The first-order valence-electron chi connectivity index (χ1n) is 13.1. The highest BCUT2D eigenvalue weighted by atomic mass is 16.5. The Bertz CT molecular complexity index is 855. The molecule has 1 aliphatic heterocycles. The predicted octanol–water partition coefficient (Wildman–Crippen LogP) is 4.25. The van der Waals surface area contributed by atoms with Crippen LogP contribution in [0.2, 0.25) is 0 Å². The van der Waals surface area contributed by atoms with Crippen molar-refractivity contribution in [2.75, 3.05) is 0 Å². The lowest BCUT2D eigenvalue weighted by Gasteiger charge is -2.63. The van der Waals surface area contributed by atoms with Gasteiger partial charge in [-0.2, -0.15) is 0 Å². The molecule has 0 aromatic heterocycles. The summed E-state index contributed by atoms with van der Waals surface area (Å²) in [5.41, 5.74) is 0.286. The molecule has 5 saturated carbocycles. The quantitative estimate of drug-likeness (QED) is 0.561. The van der Waals surface area contributed by atoms with Gasteiger partial charge in [0.1, 0.15) is 0 Å². The molecule has 12 atom stereocenters. The largest absolute Gasteiger partial charge is 0.479 e. The molecule has 32 heavy (non-hydrogen) atoms. The van der Waals surface area contributed by atoms with Crippen molar-refractivity contribution in [3.63, 3.8) is 0 Å². The first-order chi connectivity index (χ1) is 14.9. The fourth-order valence-corrected chi connectivity index (χ4v) is 11.4. The third-order valence-electron chi connectivity index (χ3n) is 13.1. The zero-order valence-corrected chi connectivity index (χ0v) is 20.4. The van der Waals surface area contributed by atoms with Crippen LogP contribution >= 0.6 is 0 Å². The van der Waals surface area contributed by atoms with Crippen molar-refractivity contribution >= 4 is 5.97 Å². The molecule has 3 N–H and O–H groups in total. The van der Waals surface area contributed by atoms with Crippen LogP contribution in [0, 0.1) is 50.7 Å². The van der Waals surface area contributed by atoms with Crippen LogP contribution in [0.25, 0.3) is 0 Å². The van der Waals surface area contributed by atoms with Crippen LogP contribution in [0.1, 0.15) is 86.0 Å². The van der Waals surface area contributed by atoms with Crippen molar-refractivity contribution in [2.24, 2.45) is 50.7 Å². The summed E-state index contributed by atoms with van der Waals surface area (Å²) in [6.45, 7) is 11.5. The molecule has 6 aliphatic rings. The molecule has 180 valence electrons. The second-order valence-corrected chi connectivity index (χ2v) is 13.9. The highest BCUT2D eigenvalue weighted by Crippen LogP contribution is 2.89. The lowest BCUT2D eigenvalue weighted by molar-refractivity contribution is -0.183. The number of aliphatic carboxylic acids is 1. The molecule has 0 bridgehead atoms. The average molecular weight is 447 g/mol. The molecule has 5 nitrogen and oxygen atoms in total. The fraction of sp³-hybridized carbons (Fsp3) is 0.963. The Kier molecular flexibility index (Phi) is 4.18. The number of carboxylic acid groups (broad SMARTS) is 1. The van der Waals surface area contributed by atoms with E-state index in [0.29, 0.717) is 23.7 Å². The van der Waals surface area contributed by atoms with Crippen molar-refractivity contribution in [1.29, 1.82) is 0 Å². The van der Waals surface area contributed by atoms with Gasteiger partial charge in [-0.1, -0.05) is 34.6 Å². The Morgan fingerprint density at radius 1 is 0.938 bits per heavy atom. The van der Waals surface area contributed by atoms with Crippen molar-refractivity contribution in [1.82, 2.24) is 0 Å². The van der Waals surface area contributed by atoms with Gasteiger partial charge in [-0.15, -0.1) is 0 Å². The lowest BCUT2D eigenvalue weighted by atomic mass is 9.41. The van der Waals surface area contributed by atoms with Crippen molar-refractivity contribution in [2.45, 2.75) is 110 Å². The van der Waals surface area contributed by atoms with E-state index >= 15 is 0 Å². The molecular weight excluding hydrogens is 404 g/mol. The zero-order valence-electron chi connectivity index (χ0n) is 20.4. The standard InChI is InChI=1S/C27H42O5/c1-14-12-15(22(30)31)32-20-19(14)24(4)10-11-27-13-26(27)9-8-18(28)23(2,3)16(26)6-7-17(27)25(24,5)21(20)29/h14-21,28-29H,6-13H2,1-5H3,(H,30,31)/t14-,15?,16+,17+,18?,19?,20?,21+,24-,25-,26-,27?/m1/s1. The minimum absolute atomic E-state index is 0.0315. The van der Waals surface area contributed by atoms with Crippen LogP contribution < -0.4 is 0 Å². The van der Waals surface area contributed by atoms with Gasteiger partial charge in [0.25, 0.3) is 0 Å². The minimum atomic E-state index is -0.895. The SMILES string of the molecule is C[C@@H]1CC(C(=O)O)OC2C1[C@@]1(C)CCC34C[C@@]35CCC(O)C(C)(C)[C@@H]5CC[C@H]4[C@]1(C)[C@H]2O. The highest BCUT2D eigenvalue weighted by Gasteiger charge is 2.84. The smallest absolute Gasteiger partial charge is 0.332 e. The minimum Gasteiger partial charge on any atom is -0.479 e. The molecule has 5 heteroatoms. The summed E-state index contributed by atoms with van der Waals surface area (Å²) < 4.78 is 6.17. The first kappa shape index (κ1) is 21.9. The molecule has 6 fully saturated rings. The molecule has 0 aromatic rings. The van der Waals surface area contributed by atoms with E-state index in [1.807, 2.05) is 0 Å². The Labute approximate surface area is 192 Å². The summed E-state index contributed by atoms with van der Waals surface area (Å²) in [4.78, 5) is 11.8. The number of carboxylic acids is 1. The van der Waals surface area contributed by atoms with Gasteiger partial charge in [0, 0.05) is 5.41 Å². The van der Waals surface area contributed by atoms with Gasteiger partial charge in [0.15, 0.2) is 6.10 Å². The maximum absolute atomic E-state index is 11.9. The third kappa shape index (κ3) is 2.13. The average Bonchev–Trinajstić information content (AvgIpc) is 3.36. The van der Waals surface area contributed by atoms with Gasteiger partial charge in [0.2, 0.25) is 0 Å². The van der Waals surface area contributed by atoms with Crippen LogP contribution in [-0.2, 0) is 9.53 Å². The van der Waals surface area contributed by atoms with Crippen molar-refractivity contribution < 1.29 is 24.9 Å². The molecule has 0 radical (unpaired) electrons. The Balaban J connectivity index is 1.40. The molecule has 5 aliphatic carbocycles. The molecular formula is C27H42O5. The molecule has 5 unspecified atom stereocenters. The van der Waals surface area contributed by atoms with Crippen LogP contribution in [-0.4, -0.2) is 45.7 Å². The van der Waals surface area contributed by atoms with E-state index in [1.165, 1.54) is 12.8 Å². The van der Waals surface area contributed by atoms with Crippen LogP contribution in [0.3, 0.4) is 0 Å². The van der Waals surface area contributed by atoms with Gasteiger partial charge in [-0.25, -0.2) is 4.79 Å². The summed E-state index contributed by atoms with van der Waals surface area (Å²) in [5, 5.41) is 32.4. The van der Waals surface area contributed by atoms with Gasteiger partial charge >= 0.3 is 5.97 Å². The molecule has 1 saturated heterocycles. The normalized spacial score (nSPS) is 62.1. The van der Waals surface area contributed by atoms with Crippen LogP contribution in [0.4, 0.5) is 0 Å². The first-order valence-corrected chi connectivity index (χ1v) is 13.1. The van der Waals surface area contributed by atoms with Gasteiger partial charge in [0.05, 0.1) is 18.3 Å². The monoisotopic (exact) mass is 446 g/mol. The molecule has 2 spiro atoms. The van der Waals surface area contributed by atoms with Crippen molar-refractivity contribution in [3.05, 3.63) is 0 Å². The second kappa shape index (κ2) is 6.12. The van der Waals surface area contributed by atoms with E-state index in [2.05, 4.69) is 34.6 Å². The number of fused-ring (bicyclic) bond motifs is 4. The number of aliphatic hydroxyl groups excluding tert-OH is 2. The topological polar surface area (TPSA) is 87.0 Å². The molecule has 1 heterocycles. The summed E-state index contributed by atoms with van der Waals surface area (Å²) in [7, 11) is 0. The number of ether oxygens (including phenoxy) is 1. The predicted molar refractivity (Wildman–Crippen MR) is 120 cm³/mol. The number of hydrogen-bond donors (Lipinski definition) is 3. The van der Waals surface area contributed by atoms with Gasteiger partial charge < -0.3 is 20.1 Å². The molecule has 0 amide bonds. The Hall–Kier alpha value is -0.650. The lowest BCUT2D eigenvalue weighted by Crippen LogP contribution is -2.59.